The van der Waals surface area contributed by atoms with Gasteiger partial charge in [-0.1, -0.05) is 17.7 Å². The summed E-state index contributed by atoms with van der Waals surface area (Å²) in [5.41, 5.74) is 5.15. The van der Waals surface area contributed by atoms with Crippen LogP contribution in [-0.2, 0) is 0 Å². The summed E-state index contributed by atoms with van der Waals surface area (Å²) >= 11 is 0. The molecular weight excluding hydrogens is 353 g/mol. The third-order valence-corrected chi connectivity index (χ3v) is 4.52. The van der Waals surface area contributed by atoms with E-state index in [9.17, 15) is 9.18 Å². The Labute approximate surface area is 162 Å². The number of nitrogens with zero attached hydrogens (tertiary/aromatic N) is 2. The van der Waals surface area contributed by atoms with E-state index in [0.29, 0.717) is 22.6 Å². The molecule has 0 radical (unpaired) electrons. The highest BCUT2D eigenvalue weighted by atomic mass is 19.1. The van der Waals surface area contributed by atoms with Gasteiger partial charge in [-0.25, -0.2) is 9.37 Å². The summed E-state index contributed by atoms with van der Waals surface area (Å²) in [7, 11) is 0. The van der Waals surface area contributed by atoms with Gasteiger partial charge in [-0.15, -0.1) is 0 Å². The van der Waals surface area contributed by atoms with Crippen molar-refractivity contribution >= 4 is 22.5 Å². The lowest BCUT2D eigenvalue weighted by molar-refractivity contribution is 0.102. The number of anilines is 1. The lowest BCUT2D eigenvalue weighted by Crippen LogP contribution is -2.13. The Morgan fingerprint density at radius 3 is 2.46 bits per heavy atom. The Kier molecular flexibility index (Phi) is 4.57. The third kappa shape index (κ3) is 3.47. The molecule has 0 fully saturated rings. The zero-order valence-corrected chi connectivity index (χ0v) is 15.5. The number of hydrogen-bond donors (Lipinski definition) is 1. The van der Waals surface area contributed by atoms with Gasteiger partial charge in [-0.3, -0.25) is 9.78 Å². The van der Waals surface area contributed by atoms with Crippen molar-refractivity contribution in [1.29, 1.82) is 0 Å². The Bertz CT molecular complexity index is 1170. The van der Waals surface area contributed by atoms with Crippen molar-refractivity contribution in [2.45, 2.75) is 13.8 Å². The van der Waals surface area contributed by atoms with Crippen LogP contribution in [0.4, 0.5) is 10.1 Å². The number of hydrogen-bond acceptors (Lipinski definition) is 3. The Balaban J connectivity index is 1.87. The molecule has 138 valence electrons. The van der Waals surface area contributed by atoms with Gasteiger partial charge in [-0.05, 0) is 67.9 Å². The minimum Gasteiger partial charge on any atom is -0.322 e. The maximum Gasteiger partial charge on any atom is 0.256 e. The summed E-state index contributed by atoms with van der Waals surface area (Å²) in [6, 6.07) is 17.0. The van der Waals surface area contributed by atoms with Gasteiger partial charge in [0.1, 0.15) is 5.82 Å². The molecule has 0 aliphatic carbocycles. The zero-order chi connectivity index (χ0) is 19.7. The summed E-state index contributed by atoms with van der Waals surface area (Å²) in [5, 5.41) is 3.62. The highest BCUT2D eigenvalue weighted by Gasteiger charge is 2.16. The van der Waals surface area contributed by atoms with Gasteiger partial charge in [0.05, 0.1) is 22.5 Å². The lowest BCUT2D eigenvalue weighted by atomic mass is 10.0. The van der Waals surface area contributed by atoms with Gasteiger partial charge in [-0.2, -0.15) is 0 Å². The molecule has 0 spiro atoms. The second kappa shape index (κ2) is 7.19. The molecule has 0 atom stereocenters. The van der Waals surface area contributed by atoms with Crippen molar-refractivity contribution in [3.05, 3.63) is 89.4 Å². The average Bonchev–Trinajstić information content (AvgIpc) is 2.69. The fourth-order valence-electron chi connectivity index (χ4n) is 3.25. The Morgan fingerprint density at radius 1 is 0.964 bits per heavy atom. The second-order valence-corrected chi connectivity index (χ2v) is 6.71. The average molecular weight is 371 g/mol. The highest BCUT2D eigenvalue weighted by Crippen LogP contribution is 2.28. The number of aromatic nitrogens is 2. The van der Waals surface area contributed by atoms with Gasteiger partial charge in [0, 0.05) is 17.3 Å². The van der Waals surface area contributed by atoms with Crippen LogP contribution in [-0.4, -0.2) is 15.9 Å². The second-order valence-electron chi connectivity index (χ2n) is 6.71. The number of benzene rings is 2. The summed E-state index contributed by atoms with van der Waals surface area (Å²) in [5.74, 6) is -0.628. The van der Waals surface area contributed by atoms with Crippen LogP contribution >= 0.6 is 0 Å². The predicted octanol–water partition coefficient (Wildman–Crippen LogP) is 5.31. The topological polar surface area (TPSA) is 54.9 Å². The summed E-state index contributed by atoms with van der Waals surface area (Å²) in [6.45, 7) is 3.97. The molecule has 5 heteroatoms. The van der Waals surface area contributed by atoms with E-state index in [4.69, 9.17) is 4.98 Å². The van der Waals surface area contributed by atoms with Crippen LogP contribution in [0.15, 0.2) is 66.9 Å². The molecule has 0 aliphatic heterocycles. The largest absolute Gasteiger partial charge is 0.322 e. The SMILES string of the molecule is Cc1cc(C)c2nc(-c3ccccn3)cc(C(=O)Nc3ccc(F)cc3)c2c1. The lowest BCUT2D eigenvalue weighted by Gasteiger charge is -2.13. The summed E-state index contributed by atoms with van der Waals surface area (Å²) in [4.78, 5) is 22.2. The van der Waals surface area contributed by atoms with Crippen molar-refractivity contribution in [2.75, 3.05) is 5.32 Å². The van der Waals surface area contributed by atoms with Crippen LogP contribution in [0.3, 0.4) is 0 Å². The van der Waals surface area contributed by atoms with E-state index in [-0.39, 0.29) is 11.7 Å². The maximum absolute atomic E-state index is 13.2. The van der Waals surface area contributed by atoms with Crippen LogP contribution in [0, 0.1) is 19.7 Å². The molecule has 0 aliphatic rings. The maximum atomic E-state index is 13.2. The molecular formula is C23H18FN3O. The third-order valence-electron chi connectivity index (χ3n) is 4.52. The number of carbonyl (C=O) groups excluding carboxylic acids is 1. The van der Waals surface area contributed by atoms with Crippen LogP contribution in [0.5, 0.6) is 0 Å². The van der Waals surface area contributed by atoms with Crippen LogP contribution in [0.25, 0.3) is 22.3 Å². The molecule has 2 aromatic heterocycles. The first-order valence-corrected chi connectivity index (χ1v) is 8.91. The Hall–Kier alpha value is -3.60. The summed E-state index contributed by atoms with van der Waals surface area (Å²) in [6.07, 6.45) is 1.70. The molecule has 0 bridgehead atoms. The van der Waals surface area contributed by atoms with Crippen LogP contribution in [0.1, 0.15) is 21.5 Å². The molecule has 1 amide bonds. The van der Waals surface area contributed by atoms with Crippen molar-refractivity contribution < 1.29 is 9.18 Å². The van der Waals surface area contributed by atoms with Crippen LogP contribution in [0.2, 0.25) is 0 Å². The van der Waals surface area contributed by atoms with Gasteiger partial charge < -0.3 is 5.32 Å². The number of halogens is 1. The fraction of sp³-hybridized carbons (Fsp3) is 0.0870. The van der Waals surface area contributed by atoms with Crippen LogP contribution < -0.4 is 5.32 Å². The summed E-state index contributed by atoms with van der Waals surface area (Å²) < 4.78 is 13.2. The minimum atomic E-state index is -0.351. The monoisotopic (exact) mass is 371 g/mol. The zero-order valence-electron chi connectivity index (χ0n) is 15.5. The molecule has 1 N–H and O–H groups in total. The number of nitrogens with one attached hydrogen (secondary N) is 1. The number of carbonyl (C=O) groups is 1. The first-order chi connectivity index (χ1) is 13.5. The van der Waals surface area contributed by atoms with Gasteiger partial charge in [0.15, 0.2) is 0 Å². The first-order valence-electron chi connectivity index (χ1n) is 8.91. The molecule has 4 nitrogen and oxygen atoms in total. The van der Waals surface area contributed by atoms with Crippen molar-refractivity contribution in [3.8, 4) is 11.4 Å². The van der Waals surface area contributed by atoms with Gasteiger partial charge in [0.25, 0.3) is 5.91 Å². The number of amides is 1. The Morgan fingerprint density at radius 2 is 1.75 bits per heavy atom. The van der Waals surface area contributed by atoms with E-state index in [2.05, 4.69) is 10.3 Å². The molecule has 0 saturated carbocycles. The number of rotatable bonds is 3. The number of fused-ring (bicyclic) bond motifs is 1. The van der Waals surface area contributed by atoms with E-state index >= 15 is 0 Å². The quantitative estimate of drug-likeness (QED) is 0.531. The van der Waals surface area contributed by atoms with E-state index in [1.807, 2.05) is 44.2 Å². The molecule has 4 rings (SSSR count). The molecule has 0 saturated heterocycles. The van der Waals surface area contributed by atoms with Gasteiger partial charge in [0.2, 0.25) is 0 Å². The highest BCUT2D eigenvalue weighted by molar-refractivity contribution is 6.13. The van der Waals surface area contributed by atoms with Crippen molar-refractivity contribution in [3.63, 3.8) is 0 Å². The molecule has 2 aromatic carbocycles. The first kappa shape index (κ1) is 17.8. The van der Waals surface area contributed by atoms with E-state index < -0.39 is 0 Å². The molecule has 2 heterocycles. The molecule has 0 unspecified atom stereocenters. The molecule has 4 aromatic rings. The normalized spacial score (nSPS) is 10.8. The minimum absolute atomic E-state index is 0.277. The standard InChI is InChI=1S/C23H18FN3O/c1-14-11-15(2)22-18(12-14)19(13-21(27-22)20-5-3-4-10-25-20)23(28)26-17-8-6-16(24)7-9-17/h3-13H,1-2H3,(H,26,28). The van der Waals surface area contributed by atoms with Crippen molar-refractivity contribution in [1.82, 2.24) is 9.97 Å². The predicted molar refractivity (Wildman–Crippen MR) is 109 cm³/mol. The van der Waals surface area contributed by atoms with E-state index in [1.165, 1.54) is 24.3 Å². The molecule has 28 heavy (non-hydrogen) atoms. The number of aryl methyl sites for hydroxylation is 2. The number of pyridine rings is 2. The van der Waals surface area contributed by atoms with Crippen molar-refractivity contribution in [2.24, 2.45) is 0 Å². The van der Waals surface area contributed by atoms with Gasteiger partial charge >= 0.3 is 0 Å². The smallest absolute Gasteiger partial charge is 0.256 e. The van der Waals surface area contributed by atoms with E-state index in [1.54, 1.807) is 12.3 Å². The van der Waals surface area contributed by atoms with E-state index in [0.717, 1.165) is 22.0 Å². The fourth-order valence-corrected chi connectivity index (χ4v) is 3.25.